The van der Waals surface area contributed by atoms with Crippen LogP contribution in [0.3, 0.4) is 0 Å². The maximum absolute atomic E-state index is 14.2. The Kier molecular flexibility index (Phi) is 7.80. The van der Waals surface area contributed by atoms with Gasteiger partial charge in [-0.25, -0.2) is 0 Å². The summed E-state index contributed by atoms with van der Waals surface area (Å²) >= 11 is 0. The fourth-order valence-electron chi connectivity index (χ4n) is 13.2. The van der Waals surface area contributed by atoms with Gasteiger partial charge in [0.25, 0.3) is 0 Å². The summed E-state index contributed by atoms with van der Waals surface area (Å²) < 4.78 is 23.7. The van der Waals surface area contributed by atoms with E-state index in [2.05, 4.69) is 34.6 Å². The van der Waals surface area contributed by atoms with E-state index in [1.54, 1.807) is 0 Å². The van der Waals surface area contributed by atoms with Crippen molar-refractivity contribution < 1.29 is 49.0 Å². The predicted molar refractivity (Wildman–Crippen MR) is 170 cm³/mol. The number of hydrogen-bond donors (Lipinski definition) is 4. The molecule has 16 unspecified atom stereocenters. The molecule has 0 aromatic carbocycles. The molecule has 7 rings (SSSR count). The topological polar surface area (TPSA) is 155 Å². The fourth-order valence-corrected chi connectivity index (χ4v) is 13.2. The summed E-state index contributed by atoms with van der Waals surface area (Å²) in [5.74, 6) is -0.211. The normalized spacial score (nSPS) is 53.5. The number of Topliss-reactive ketones (excluding diaryl/α,β-unsaturated/α-hetero) is 1. The smallest absolute Gasteiger partial charge is 0.302 e. The molecule has 10 heteroatoms. The van der Waals surface area contributed by atoms with Crippen molar-refractivity contribution in [2.24, 2.45) is 50.7 Å². The molecule has 2 heterocycles. The average Bonchev–Trinajstić information content (AvgIpc) is 3.84. The molecular weight excluding hydrogens is 604 g/mol. The van der Waals surface area contributed by atoms with E-state index in [1.165, 1.54) is 6.92 Å². The zero-order valence-electron chi connectivity index (χ0n) is 29.5. The lowest BCUT2D eigenvalue weighted by molar-refractivity contribution is -0.303. The van der Waals surface area contributed by atoms with Gasteiger partial charge in [0.15, 0.2) is 12.1 Å². The maximum atomic E-state index is 14.2. The van der Waals surface area contributed by atoms with Crippen LogP contribution >= 0.6 is 0 Å². The molecule has 0 radical (unpaired) electrons. The molecule has 2 spiro atoms. The molecule has 7 aliphatic rings. The molecule has 5 aliphatic carbocycles. The first-order valence-corrected chi connectivity index (χ1v) is 18.2. The second-order valence-electron chi connectivity index (χ2n) is 18.4. The highest BCUT2D eigenvalue weighted by Gasteiger charge is 2.84. The van der Waals surface area contributed by atoms with Crippen molar-refractivity contribution >= 4 is 11.8 Å². The molecule has 0 bridgehead atoms. The number of aliphatic hydroxyl groups is 4. The van der Waals surface area contributed by atoms with E-state index in [-0.39, 0.29) is 75.6 Å². The summed E-state index contributed by atoms with van der Waals surface area (Å²) in [6.45, 7) is 16.4. The highest BCUT2D eigenvalue weighted by atomic mass is 16.7. The minimum atomic E-state index is -1.31. The van der Waals surface area contributed by atoms with Crippen molar-refractivity contribution in [3.8, 4) is 0 Å². The third-order valence-corrected chi connectivity index (χ3v) is 15.7. The van der Waals surface area contributed by atoms with Gasteiger partial charge in [-0.05, 0) is 105 Å². The van der Waals surface area contributed by atoms with E-state index >= 15 is 0 Å². The molecule has 5 saturated carbocycles. The minimum absolute atomic E-state index is 0.0512. The van der Waals surface area contributed by atoms with Gasteiger partial charge in [0.1, 0.15) is 36.6 Å². The van der Waals surface area contributed by atoms with E-state index in [4.69, 9.17) is 18.9 Å². The molecule has 266 valence electrons. The van der Waals surface area contributed by atoms with Crippen LogP contribution in [0.4, 0.5) is 0 Å². The summed E-state index contributed by atoms with van der Waals surface area (Å²) in [4.78, 5) is 26.3. The number of hydrogen-bond acceptors (Lipinski definition) is 10. The molecule has 16 atom stereocenters. The second-order valence-corrected chi connectivity index (χ2v) is 18.4. The van der Waals surface area contributed by atoms with Crippen molar-refractivity contribution in [2.75, 3.05) is 6.61 Å². The summed E-state index contributed by atoms with van der Waals surface area (Å²) in [6.07, 6.45) is 0.666. The largest absolute Gasteiger partial charge is 0.460 e. The van der Waals surface area contributed by atoms with E-state index in [0.29, 0.717) is 12.3 Å². The third kappa shape index (κ3) is 4.53. The number of ether oxygens (including phenoxy) is 4. The van der Waals surface area contributed by atoms with E-state index < -0.39 is 42.2 Å². The summed E-state index contributed by atoms with van der Waals surface area (Å²) in [6, 6.07) is 0. The molecular formula is C37H58O10. The lowest BCUT2D eigenvalue weighted by atomic mass is 9.41. The van der Waals surface area contributed by atoms with Crippen molar-refractivity contribution in [1.29, 1.82) is 0 Å². The van der Waals surface area contributed by atoms with Gasteiger partial charge < -0.3 is 39.4 Å². The van der Waals surface area contributed by atoms with Gasteiger partial charge in [-0.15, -0.1) is 0 Å². The van der Waals surface area contributed by atoms with Crippen LogP contribution < -0.4 is 0 Å². The lowest BCUT2D eigenvalue weighted by Gasteiger charge is -2.63. The molecule has 2 saturated heterocycles. The highest BCUT2D eigenvalue weighted by molar-refractivity contribution is 5.90. The van der Waals surface area contributed by atoms with Crippen molar-refractivity contribution in [3.63, 3.8) is 0 Å². The number of carbonyl (C=O) groups excluding carboxylic acids is 2. The molecule has 7 fully saturated rings. The van der Waals surface area contributed by atoms with E-state index in [9.17, 15) is 30.0 Å². The monoisotopic (exact) mass is 662 g/mol. The maximum Gasteiger partial charge on any atom is 0.302 e. The molecule has 0 amide bonds. The van der Waals surface area contributed by atoms with Crippen molar-refractivity contribution in [1.82, 2.24) is 0 Å². The number of carbonyl (C=O) groups is 2. The molecule has 2 aliphatic heterocycles. The van der Waals surface area contributed by atoms with Crippen LogP contribution in [0.1, 0.15) is 107 Å². The Morgan fingerprint density at radius 1 is 0.936 bits per heavy atom. The van der Waals surface area contributed by atoms with Gasteiger partial charge >= 0.3 is 5.97 Å². The van der Waals surface area contributed by atoms with Crippen LogP contribution in [0.15, 0.2) is 0 Å². The summed E-state index contributed by atoms with van der Waals surface area (Å²) in [7, 11) is 0. The lowest BCUT2D eigenvalue weighted by Crippen LogP contribution is -2.61. The zero-order chi connectivity index (χ0) is 34.3. The van der Waals surface area contributed by atoms with Crippen LogP contribution in [-0.4, -0.2) is 93.4 Å². The Bertz CT molecular complexity index is 1300. The van der Waals surface area contributed by atoms with Gasteiger partial charge in [-0.2, -0.15) is 0 Å². The zero-order valence-corrected chi connectivity index (χ0v) is 29.5. The first-order valence-electron chi connectivity index (χ1n) is 18.2. The SMILES string of the molecule is CC(=O)OC(CC(C)C1C(=O)C(O)C2(C)C3CCC4C(C)(C)C(OC5OCC(O)C(O)C5O)CCC45CC35CCC12C)C1OC1(C)C. The quantitative estimate of drug-likeness (QED) is 0.181. The predicted octanol–water partition coefficient (Wildman–Crippen LogP) is 3.53. The van der Waals surface area contributed by atoms with Gasteiger partial charge in [-0.1, -0.05) is 34.6 Å². The molecule has 4 N–H and O–H groups in total. The molecule has 0 aromatic heterocycles. The van der Waals surface area contributed by atoms with Crippen LogP contribution in [0.5, 0.6) is 0 Å². The molecule has 47 heavy (non-hydrogen) atoms. The van der Waals surface area contributed by atoms with Gasteiger partial charge in [0.05, 0.1) is 18.3 Å². The van der Waals surface area contributed by atoms with Gasteiger partial charge in [0.2, 0.25) is 0 Å². The first-order chi connectivity index (χ1) is 21.8. The molecule has 0 aromatic rings. The Hall–Kier alpha value is -1.14. The first kappa shape index (κ1) is 34.3. The third-order valence-electron chi connectivity index (χ3n) is 15.7. The second kappa shape index (κ2) is 10.7. The van der Waals surface area contributed by atoms with Crippen LogP contribution in [0, 0.1) is 50.7 Å². The van der Waals surface area contributed by atoms with Gasteiger partial charge in [0, 0.05) is 18.3 Å². The number of fused-ring (bicyclic) bond motifs is 2. The standard InChI is InChI=1S/C37H58O10/c1-18(15-21(45-19(2)38)30-33(5,6)47-30)25-27(41)29(43)35(8)23-10-9-22-32(3,4)24(46-31-28(42)26(40)20(39)16-44-31)11-12-36(22)17-37(23,36)14-13-34(25,35)7/h18,20-26,28-31,39-40,42-43H,9-17H2,1-8H3. The Morgan fingerprint density at radius 3 is 2.21 bits per heavy atom. The molecule has 10 nitrogen and oxygen atoms in total. The van der Waals surface area contributed by atoms with Crippen LogP contribution in [0.25, 0.3) is 0 Å². The minimum Gasteiger partial charge on any atom is -0.460 e. The van der Waals surface area contributed by atoms with E-state index in [1.807, 2.05) is 13.8 Å². The number of rotatable bonds is 7. The van der Waals surface area contributed by atoms with Gasteiger partial charge in [-0.3, -0.25) is 9.59 Å². The van der Waals surface area contributed by atoms with Crippen molar-refractivity contribution in [3.05, 3.63) is 0 Å². The Labute approximate surface area is 279 Å². The number of aliphatic hydroxyl groups excluding tert-OH is 4. The summed E-state index contributed by atoms with van der Waals surface area (Å²) in [5, 5.41) is 42.8. The van der Waals surface area contributed by atoms with Crippen LogP contribution in [0.2, 0.25) is 0 Å². The van der Waals surface area contributed by atoms with E-state index in [0.717, 1.165) is 44.9 Å². The highest BCUT2D eigenvalue weighted by Crippen LogP contribution is 2.89. The average molecular weight is 663 g/mol. The number of epoxide rings is 1. The summed E-state index contributed by atoms with van der Waals surface area (Å²) in [5.41, 5.74) is -1.34. The number of ketones is 1. The van der Waals surface area contributed by atoms with Crippen LogP contribution in [-0.2, 0) is 28.5 Å². The Balaban J connectivity index is 1.12. The Morgan fingerprint density at radius 2 is 1.57 bits per heavy atom. The fraction of sp³-hybridized carbons (Fsp3) is 0.946. The van der Waals surface area contributed by atoms with Crippen molar-refractivity contribution in [2.45, 2.75) is 161 Å². The number of esters is 1.